The van der Waals surface area contributed by atoms with Crippen LogP contribution in [-0.2, 0) is 14.8 Å². The summed E-state index contributed by atoms with van der Waals surface area (Å²) in [7, 11) is -3.79. The third-order valence-electron chi connectivity index (χ3n) is 3.53. The molecule has 0 aliphatic rings. The van der Waals surface area contributed by atoms with Gasteiger partial charge in [-0.15, -0.1) is 11.8 Å². The first-order valence-electron chi connectivity index (χ1n) is 8.14. The Hall–Kier alpha value is -1.77. The van der Waals surface area contributed by atoms with E-state index in [0.29, 0.717) is 18.0 Å². The molecule has 2 aromatic carbocycles. The number of amides is 1. The van der Waals surface area contributed by atoms with Gasteiger partial charge in [0, 0.05) is 16.5 Å². The number of thioether (sulfide) groups is 1. The minimum atomic E-state index is -3.79. The van der Waals surface area contributed by atoms with Gasteiger partial charge in [0.25, 0.3) is 0 Å². The molecule has 146 valence electrons. The number of hydrogen-bond acceptors (Lipinski definition) is 4. The van der Waals surface area contributed by atoms with Gasteiger partial charge in [-0.05, 0) is 48.6 Å². The molecule has 0 atom stereocenters. The van der Waals surface area contributed by atoms with Gasteiger partial charge in [-0.3, -0.25) is 9.10 Å². The second kappa shape index (κ2) is 9.96. The zero-order valence-electron chi connectivity index (χ0n) is 14.7. The Kier molecular flexibility index (Phi) is 7.94. The van der Waals surface area contributed by atoms with E-state index >= 15 is 0 Å². The van der Waals surface area contributed by atoms with Crippen LogP contribution in [0.2, 0.25) is 5.02 Å². The molecule has 2 aromatic rings. The SMILES string of the molecule is CS(=O)(=O)N(CC(=O)NCCCSc1ccc(Cl)cc1)c1ccccc1F. The fraction of sp³-hybridized carbons (Fsp3) is 0.278. The highest BCUT2D eigenvalue weighted by molar-refractivity contribution is 7.99. The molecule has 1 amide bonds. The number of halogens is 2. The van der Waals surface area contributed by atoms with Crippen LogP contribution in [0.4, 0.5) is 10.1 Å². The highest BCUT2D eigenvalue weighted by Crippen LogP contribution is 2.22. The smallest absolute Gasteiger partial charge is 0.240 e. The highest BCUT2D eigenvalue weighted by atomic mass is 35.5. The number of para-hydroxylation sites is 1. The largest absolute Gasteiger partial charge is 0.354 e. The van der Waals surface area contributed by atoms with Gasteiger partial charge in [-0.2, -0.15) is 0 Å². The highest BCUT2D eigenvalue weighted by Gasteiger charge is 2.23. The maximum absolute atomic E-state index is 13.9. The normalized spacial score (nSPS) is 11.2. The summed E-state index contributed by atoms with van der Waals surface area (Å²) in [4.78, 5) is 13.2. The summed E-state index contributed by atoms with van der Waals surface area (Å²) >= 11 is 7.46. The number of carbonyl (C=O) groups excluding carboxylic acids is 1. The number of carbonyl (C=O) groups is 1. The van der Waals surface area contributed by atoms with Crippen molar-refractivity contribution in [3.8, 4) is 0 Å². The van der Waals surface area contributed by atoms with Gasteiger partial charge in [0.05, 0.1) is 11.9 Å². The van der Waals surface area contributed by atoms with Crippen LogP contribution < -0.4 is 9.62 Å². The molecule has 0 radical (unpaired) electrons. The topological polar surface area (TPSA) is 66.5 Å². The molecule has 0 saturated heterocycles. The molecule has 1 N–H and O–H groups in total. The van der Waals surface area contributed by atoms with Crippen molar-refractivity contribution in [3.63, 3.8) is 0 Å². The molecular formula is C18H20ClFN2O3S2. The minimum Gasteiger partial charge on any atom is -0.354 e. The molecule has 5 nitrogen and oxygen atoms in total. The van der Waals surface area contributed by atoms with Crippen molar-refractivity contribution in [1.29, 1.82) is 0 Å². The molecule has 9 heteroatoms. The number of hydrogen-bond donors (Lipinski definition) is 1. The summed E-state index contributed by atoms with van der Waals surface area (Å²) in [5.41, 5.74) is -0.145. The lowest BCUT2D eigenvalue weighted by Crippen LogP contribution is -2.41. The standard InChI is InChI=1S/C18H20ClFN2O3S2/c1-27(24,25)22(17-6-3-2-5-16(17)20)13-18(23)21-11-4-12-26-15-9-7-14(19)8-10-15/h2-3,5-10H,4,11-13H2,1H3,(H,21,23). The predicted molar refractivity (Wildman–Crippen MR) is 108 cm³/mol. The lowest BCUT2D eigenvalue weighted by atomic mass is 10.3. The summed E-state index contributed by atoms with van der Waals surface area (Å²) < 4.78 is 38.6. The molecule has 27 heavy (non-hydrogen) atoms. The zero-order chi connectivity index (χ0) is 19.9. The van der Waals surface area contributed by atoms with E-state index in [1.807, 2.05) is 24.3 Å². The van der Waals surface area contributed by atoms with E-state index in [0.717, 1.165) is 27.3 Å². The maximum Gasteiger partial charge on any atom is 0.240 e. The van der Waals surface area contributed by atoms with Crippen molar-refractivity contribution < 1.29 is 17.6 Å². The second-order valence-electron chi connectivity index (χ2n) is 5.73. The Balaban J connectivity index is 1.82. The zero-order valence-corrected chi connectivity index (χ0v) is 17.1. The van der Waals surface area contributed by atoms with E-state index in [1.54, 1.807) is 11.8 Å². The fourth-order valence-corrected chi connectivity index (χ4v) is 4.08. The van der Waals surface area contributed by atoms with Crippen LogP contribution in [0, 0.1) is 5.82 Å². The minimum absolute atomic E-state index is 0.145. The van der Waals surface area contributed by atoms with Crippen LogP contribution in [0.25, 0.3) is 0 Å². The van der Waals surface area contributed by atoms with E-state index < -0.39 is 28.3 Å². The van der Waals surface area contributed by atoms with Crippen LogP contribution in [0.1, 0.15) is 6.42 Å². The summed E-state index contributed by atoms with van der Waals surface area (Å²) in [5.74, 6) is -0.402. The van der Waals surface area contributed by atoms with Crippen LogP contribution >= 0.6 is 23.4 Å². The summed E-state index contributed by atoms with van der Waals surface area (Å²) in [5, 5.41) is 3.35. The molecule has 0 saturated carbocycles. The second-order valence-corrected chi connectivity index (χ2v) is 9.24. The maximum atomic E-state index is 13.9. The van der Waals surface area contributed by atoms with E-state index in [9.17, 15) is 17.6 Å². The molecule has 0 spiro atoms. The van der Waals surface area contributed by atoms with Crippen molar-refractivity contribution in [2.75, 3.05) is 29.4 Å². The lowest BCUT2D eigenvalue weighted by Gasteiger charge is -2.22. The average molecular weight is 431 g/mol. The Labute approximate surface area is 168 Å². The Morgan fingerprint density at radius 3 is 2.48 bits per heavy atom. The summed E-state index contributed by atoms with van der Waals surface area (Å²) in [6, 6.07) is 12.9. The molecule has 0 heterocycles. The van der Waals surface area contributed by atoms with E-state index in [-0.39, 0.29) is 5.69 Å². The number of nitrogens with one attached hydrogen (secondary N) is 1. The van der Waals surface area contributed by atoms with E-state index in [2.05, 4.69) is 5.32 Å². The molecular weight excluding hydrogens is 411 g/mol. The average Bonchev–Trinajstić information content (AvgIpc) is 2.61. The molecule has 2 rings (SSSR count). The van der Waals surface area contributed by atoms with Gasteiger partial charge in [0.1, 0.15) is 12.4 Å². The van der Waals surface area contributed by atoms with Gasteiger partial charge in [0.15, 0.2) is 0 Å². The Morgan fingerprint density at radius 1 is 1.19 bits per heavy atom. The van der Waals surface area contributed by atoms with Gasteiger partial charge < -0.3 is 5.32 Å². The van der Waals surface area contributed by atoms with Crippen molar-refractivity contribution >= 4 is 45.0 Å². The quantitative estimate of drug-likeness (QED) is 0.488. The van der Waals surface area contributed by atoms with Crippen LogP contribution in [0.5, 0.6) is 0 Å². The molecule has 0 aliphatic carbocycles. The molecule has 0 bridgehead atoms. The molecule has 0 aliphatic heterocycles. The van der Waals surface area contributed by atoms with Crippen molar-refractivity contribution in [1.82, 2.24) is 5.32 Å². The monoisotopic (exact) mass is 430 g/mol. The lowest BCUT2D eigenvalue weighted by molar-refractivity contribution is -0.119. The number of anilines is 1. The van der Waals surface area contributed by atoms with Crippen molar-refractivity contribution in [2.45, 2.75) is 11.3 Å². The van der Waals surface area contributed by atoms with Gasteiger partial charge >= 0.3 is 0 Å². The molecule has 0 fully saturated rings. The summed E-state index contributed by atoms with van der Waals surface area (Å²) in [6.45, 7) is -0.0710. The van der Waals surface area contributed by atoms with Crippen LogP contribution in [0.15, 0.2) is 53.4 Å². The third kappa shape index (κ3) is 7.04. The Bertz CT molecular complexity index is 876. The number of rotatable bonds is 9. The predicted octanol–water partition coefficient (Wildman–Crippen LogP) is 3.54. The van der Waals surface area contributed by atoms with Crippen molar-refractivity contribution in [2.24, 2.45) is 0 Å². The van der Waals surface area contributed by atoms with Gasteiger partial charge in [-0.25, -0.2) is 12.8 Å². The summed E-state index contributed by atoms with van der Waals surface area (Å²) in [6.07, 6.45) is 1.65. The van der Waals surface area contributed by atoms with Gasteiger partial charge in [0.2, 0.25) is 15.9 Å². The fourth-order valence-electron chi connectivity index (χ4n) is 2.24. The number of sulfonamides is 1. The van der Waals surface area contributed by atoms with E-state index in [1.165, 1.54) is 18.2 Å². The molecule has 0 unspecified atom stereocenters. The third-order valence-corrected chi connectivity index (χ3v) is 6.01. The molecule has 0 aromatic heterocycles. The van der Waals surface area contributed by atoms with Gasteiger partial charge in [-0.1, -0.05) is 23.7 Å². The Morgan fingerprint density at radius 2 is 1.85 bits per heavy atom. The van der Waals surface area contributed by atoms with Crippen molar-refractivity contribution in [3.05, 3.63) is 59.4 Å². The first kappa shape index (κ1) is 21.5. The number of benzene rings is 2. The van der Waals surface area contributed by atoms with E-state index in [4.69, 9.17) is 11.6 Å². The first-order chi connectivity index (χ1) is 12.8. The number of nitrogens with zero attached hydrogens (tertiary/aromatic N) is 1. The first-order valence-corrected chi connectivity index (χ1v) is 11.4. The van der Waals surface area contributed by atoms with Crippen LogP contribution in [-0.4, -0.2) is 39.4 Å². The van der Waals surface area contributed by atoms with Crippen LogP contribution in [0.3, 0.4) is 0 Å².